The molecule has 5 nitrogen and oxygen atoms in total. The first-order valence-corrected chi connectivity index (χ1v) is 9.12. The minimum absolute atomic E-state index is 0.0989. The third-order valence-corrected chi connectivity index (χ3v) is 4.66. The third-order valence-electron chi connectivity index (χ3n) is 4.14. The number of nitrogens with zero attached hydrogens (tertiary/aromatic N) is 1. The molecular formula is C20H18BrNO4. The van der Waals surface area contributed by atoms with E-state index in [1.807, 2.05) is 13.8 Å². The smallest absolute Gasteiger partial charge is 0.334 e. The monoisotopic (exact) mass is 415 g/mol. The van der Waals surface area contributed by atoms with Crippen LogP contribution in [0.2, 0.25) is 0 Å². The van der Waals surface area contributed by atoms with E-state index < -0.39 is 23.8 Å². The molecule has 26 heavy (non-hydrogen) atoms. The van der Waals surface area contributed by atoms with E-state index in [1.165, 1.54) is 0 Å². The molecule has 0 aromatic heterocycles. The van der Waals surface area contributed by atoms with E-state index in [0.717, 1.165) is 9.37 Å². The number of carbonyl (C=O) groups excluding carboxylic acids is 3. The third kappa shape index (κ3) is 3.55. The number of esters is 1. The summed E-state index contributed by atoms with van der Waals surface area (Å²) in [6.45, 7) is 3.86. The molecule has 1 unspecified atom stereocenters. The van der Waals surface area contributed by atoms with Gasteiger partial charge in [0.15, 0.2) is 0 Å². The number of amides is 2. The summed E-state index contributed by atoms with van der Waals surface area (Å²) in [5.74, 6) is -1.06. The van der Waals surface area contributed by atoms with Crippen molar-refractivity contribution in [3.05, 3.63) is 64.1 Å². The summed E-state index contributed by atoms with van der Waals surface area (Å²) in [5.41, 5.74) is 0.644. The molecule has 1 aliphatic rings. The Labute approximate surface area is 160 Å². The van der Waals surface area contributed by atoms with E-state index >= 15 is 0 Å². The zero-order chi connectivity index (χ0) is 18.8. The predicted octanol–water partition coefficient (Wildman–Crippen LogP) is 4.07. The number of rotatable bonds is 5. The highest BCUT2D eigenvalue weighted by molar-refractivity contribution is 9.10. The van der Waals surface area contributed by atoms with Crippen LogP contribution in [-0.4, -0.2) is 28.7 Å². The number of benzene rings is 2. The lowest BCUT2D eigenvalue weighted by Gasteiger charge is -2.25. The Morgan fingerprint density at radius 1 is 1.00 bits per heavy atom. The molecular weight excluding hydrogens is 398 g/mol. The lowest BCUT2D eigenvalue weighted by atomic mass is 10.0. The fourth-order valence-electron chi connectivity index (χ4n) is 2.93. The number of carbonyl (C=O) groups is 3. The van der Waals surface area contributed by atoms with Gasteiger partial charge in [-0.15, -0.1) is 0 Å². The average Bonchev–Trinajstić information content (AvgIpc) is 2.86. The maximum absolute atomic E-state index is 12.8. The molecule has 0 bridgehead atoms. The molecule has 1 aliphatic heterocycles. The molecule has 0 radical (unpaired) electrons. The molecule has 0 spiro atoms. The summed E-state index contributed by atoms with van der Waals surface area (Å²) in [7, 11) is 0. The van der Waals surface area contributed by atoms with E-state index in [2.05, 4.69) is 15.9 Å². The minimum Gasteiger partial charge on any atom is -0.425 e. The molecule has 1 atom stereocenters. The van der Waals surface area contributed by atoms with Crippen molar-refractivity contribution in [3.8, 4) is 5.75 Å². The number of hydrogen-bond acceptors (Lipinski definition) is 4. The van der Waals surface area contributed by atoms with Crippen molar-refractivity contribution >= 4 is 33.7 Å². The maximum Gasteiger partial charge on any atom is 0.334 e. The van der Waals surface area contributed by atoms with Crippen molar-refractivity contribution in [2.75, 3.05) is 0 Å². The van der Waals surface area contributed by atoms with Gasteiger partial charge in [0, 0.05) is 4.47 Å². The SMILES string of the molecule is CC(C)CC(C(=O)Oc1ccc(Br)cc1)N1C(=O)c2ccccc2C1=O. The summed E-state index contributed by atoms with van der Waals surface area (Å²) < 4.78 is 6.29. The number of ether oxygens (including phenoxy) is 1. The Kier molecular flexibility index (Phi) is 5.23. The average molecular weight is 416 g/mol. The Balaban J connectivity index is 1.89. The fraction of sp³-hybridized carbons (Fsp3) is 0.250. The Morgan fingerprint density at radius 2 is 1.54 bits per heavy atom. The van der Waals surface area contributed by atoms with Crippen LogP contribution in [0.1, 0.15) is 41.0 Å². The number of hydrogen-bond donors (Lipinski definition) is 0. The molecule has 6 heteroatoms. The van der Waals surface area contributed by atoms with Gasteiger partial charge in [-0.05, 0) is 48.7 Å². The van der Waals surface area contributed by atoms with Crippen LogP contribution in [0.15, 0.2) is 53.0 Å². The van der Waals surface area contributed by atoms with Crippen LogP contribution >= 0.6 is 15.9 Å². The fourth-order valence-corrected chi connectivity index (χ4v) is 3.20. The first kappa shape index (κ1) is 18.3. The van der Waals surface area contributed by atoms with Crippen LogP contribution in [0, 0.1) is 5.92 Å². The summed E-state index contributed by atoms with van der Waals surface area (Å²) in [6.07, 6.45) is 0.334. The number of imide groups is 1. The van der Waals surface area contributed by atoms with E-state index in [0.29, 0.717) is 23.3 Å². The summed E-state index contributed by atoms with van der Waals surface area (Å²) in [6, 6.07) is 12.4. The van der Waals surface area contributed by atoms with Crippen molar-refractivity contribution in [3.63, 3.8) is 0 Å². The zero-order valence-corrected chi connectivity index (χ0v) is 16.0. The molecule has 0 saturated carbocycles. The standard InChI is InChI=1S/C20H18BrNO4/c1-12(2)11-17(20(25)26-14-9-7-13(21)8-10-14)22-18(23)15-5-3-4-6-16(15)19(22)24/h3-10,12,17H,11H2,1-2H3. The Morgan fingerprint density at radius 3 is 2.04 bits per heavy atom. The number of fused-ring (bicyclic) bond motifs is 1. The van der Waals surface area contributed by atoms with Crippen LogP contribution < -0.4 is 4.74 Å². The van der Waals surface area contributed by atoms with E-state index in [-0.39, 0.29) is 5.92 Å². The van der Waals surface area contributed by atoms with Gasteiger partial charge in [-0.1, -0.05) is 41.9 Å². The van der Waals surface area contributed by atoms with Crippen LogP contribution in [0.25, 0.3) is 0 Å². The highest BCUT2D eigenvalue weighted by atomic mass is 79.9. The largest absolute Gasteiger partial charge is 0.425 e. The quantitative estimate of drug-likeness (QED) is 0.419. The topological polar surface area (TPSA) is 63.7 Å². The second kappa shape index (κ2) is 7.41. The molecule has 134 valence electrons. The minimum atomic E-state index is -0.967. The number of halogens is 1. The summed E-state index contributed by atoms with van der Waals surface area (Å²) in [5, 5.41) is 0. The second-order valence-electron chi connectivity index (χ2n) is 6.55. The lowest BCUT2D eigenvalue weighted by Crippen LogP contribution is -2.47. The highest BCUT2D eigenvalue weighted by Gasteiger charge is 2.43. The van der Waals surface area contributed by atoms with Gasteiger partial charge in [-0.3, -0.25) is 14.5 Å². The highest BCUT2D eigenvalue weighted by Crippen LogP contribution is 2.28. The second-order valence-corrected chi connectivity index (χ2v) is 7.46. The van der Waals surface area contributed by atoms with Crippen LogP contribution in [0.3, 0.4) is 0 Å². The maximum atomic E-state index is 12.8. The van der Waals surface area contributed by atoms with Crippen molar-refractivity contribution in [1.82, 2.24) is 4.90 Å². The van der Waals surface area contributed by atoms with Gasteiger partial charge >= 0.3 is 5.97 Å². The van der Waals surface area contributed by atoms with Gasteiger partial charge in [0.05, 0.1) is 11.1 Å². The Hall–Kier alpha value is -2.47. The van der Waals surface area contributed by atoms with E-state index in [4.69, 9.17) is 4.74 Å². The molecule has 1 heterocycles. The summed E-state index contributed by atoms with van der Waals surface area (Å²) in [4.78, 5) is 39.3. The molecule has 2 aromatic rings. The van der Waals surface area contributed by atoms with Gasteiger partial charge in [0.1, 0.15) is 11.8 Å². The first-order chi connectivity index (χ1) is 12.4. The van der Waals surface area contributed by atoms with Crippen molar-refractivity contribution < 1.29 is 19.1 Å². The van der Waals surface area contributed by atoms with Gasteiger partial charge in [-0.2, -0.15) is 0 Å². The van der Waals surface area contributed by atoms with Crippen molar-refractivity contribution in [1.29, 1.82) is 0 Å². The van der Waals surface area contributed by atoms with Crippen molar-refractivity contribution in [2.24, 2.45) is 5.92 Å². The van der Waals surface area contributed by atoms with Gasteiger partial charge in [0.25, 0.3) is 11.8 Å². The predicted molar refractivity (Wildman–Crippen MR) is 100.0 cm³/mol. The first-order valence-electron chi connectivity index (χ1n) is 8.32. The normalized spacial score (nSPS) is 14.5. The van der Waals surface area contributed by atoms with Gasteiger partial charge in [0.2, 0.25) is 0 Å². The molecule has 2 amide bonds. The van der Waals surface area contributed by atoms with Crippen LogP contribution in [-0.2, 0) is 4.79 Å². The van der Waals surface area contributed by atoms with Crippen molar-refractivity contribution in [2.45, 2.75) is 26.3 Å². The molecule has 3 rings (SSSR count). The van der Waals surface area contributed by atoms with Gasteiger partial charge in [-0.25, -0.2) is 4.79 Å². The molecule has 0 fully saturated rings. The van der Waals surface area contributed by atoms with Crippen LogP contribution in [0.4, 0.5) is 0 Å². The Bertz CT molecular complexity index is 825. The molecule has 0 aliphatic carbocycles. The van der Waals surface area contributed by atoms with Crippen LogP contribution in [0.5, 0.6) is 5.75 Å². The summed E-state index contributed by atoms with van der Waals surface area (Å²) >= 11 is 3.32. The van der Waals surface area contributed by atoms with Gasteiger partial charge < -0.3 is 4.74 Å². The molecule has 0 saturated heterocycles. The van der Waals surface area contributed by atoms with E-state index in [1.54, 1.807) is 48.5 Å². The van der Waals surface area contributed by atoms with E-state index in [9.17, 15) is 14.4 Å². The molecule has 2 aromatic carbocycles. The zero-order valence-electron chi connectivity index (χ0n) is 14.4. The molecule has 0 N–H and O–H groups in total. The lowest BCUT2D eigenvalue weighted by molar-refractivity contribution is -0.139.